The third-order valence-electron chi connectivity index (χ3n) is 4.67. The molecule has 3 rings (SSSR count). The van der Waals surface area contributed by atoms with Crippen LogP contribution in [0.5, 0.6) is 0 Å². The van der Waals surface area contributed by atoms with Crippen LogP contribution in [0.3, 0.4) is 0 Å². The zero-order valence-electron chi connectivity index (χ0n) is 14.6. The molecular weight excluding hydrogens is 290 g/mol. The Labute approximate surface area is 138 Å². The fraction of sp³-hybridized carbons (Fsp3) is 0.647. The molecule has 0 amide bonds. The molecule has 1 unspecified atom stereocenters. The summed E-state index contributed by atoms with van der Waals surface area (Å²) in [5, 5.41) is 4.45. The van der Waals surface area contributed by atoms with Gasteiger partial charge in [-0.1, -0.05) is 0 Å². The Balaban J connectivity index is 1.71. The smallest absolute Gasteiger partial charge is 0.126 e. The summed E-state index contributed by atoms with van der Waals surface area (Å²) in [6, 6.07) is 2.49. The molecule has 6 heteroatoms. The number of aromatic nitrogens is 4. The SMILES string of the molecule is CCOCCc1cnc2n1CCN(Cc1cc(C)nn1C)C2C. The van der Waals surface area contributed by atoms with Gasteiger partial charge in [-0.05, 0) is 26.8 Å². The molecule has 0 saturated carbocycles. The molecule has 2 aromatic rings. The van der Waals surface area contributed by atoms with Crippen LogP contribution in [-0.2, 0) is 31.3 Å². The van der Waals surface area contributed by atoms with Gasteiger partial charge in [0.25, 0.3) is 0 Å². The van der Waals surface area contributed by atoms with E-state index in [1.54, 1.807) is 0 Å². The van der Waals surface area contributed by atoms with Crippen LogP contribution in [0.15, 0.2) is 12.3 Å². The maximum absolute atomic E-state index is 5.48. The zero-order chi connectivity index (χ0) is 16.4. The van der Waals surface area contributed by atoms with Gasteiger partial charge in [0.1, 0.15) is 5.82 Å². The third kappa shape index (κ3) is 3.33. The van der Waals surface area contributed by atoms with Crippen LogP contribution in [0, 0.1) is 6.92 Å². The molecule has 1 aliphatic heterocycles. The van der Waals surface area contributed by atoms with Gasteiger partial charge >= 0.3 is 0 Å². The van der Waals surface area contributed by atoms with E-state index in [0.717, 1.165) is 45.0 Å². The largest absolute Gasteiger partial charge is 0.381 e. The third-order valence-corrected chi connectivity index (χ3v) is 4.67. The predicted molar refractivity (Wildman–Crippen MR) is 89.2 cm³/mol. The lowest BCUT2D eigenvalue weighted by atomic mass is 10.2. The van der Waals surface area contributed by atoms with Crippen molar-refractivity contribution in [2.75, 3.05) is 19.8 Å². The van der Waals surface area contributed by atoms with E-state index >= 15 is 0 Å². The molecule has 0 aromatic carbocycles. The van der Waals surface area contributed by atoms with Crippen LogP contribution >= 0.6 is 0 Å². The van der Waals surface area contributed by atoms with E-state index in [1.807, 2.05) is 31.8 Å². The molecule has 0 spiro atoms. The molecule has 0 N–H and O–H groups in total. The molecule has 1 atom stereocenters. The van der Waals surface area contributed by atoms with E-state index in [2.05, 4.69) is 32.5 Å². The van der Waals surface area contributed by atoms with Crippen molar-refractivity contribution >= 4 is 0 Å². The molecule has 0 fully saturated rings. The van der Waals surface area contributed by atoms with Gasteiger partial charge in [-0.2, -0.15) is 5.10 Å². The molecule has 0 saturated heterocycles. The van der Waals surface area contributed by atoms with Crippen molar-refractivity contribution in [3.8, 4) is 0 Å². The Kier molecular flexibility index (Phi) is 4.82. The maximum atomic E-state index is 5.48. The van der Waals surface area contributed by atoms with Gasteiger partial charge in [-0.25, -0.2) is 4.98 Å². The number of nitrogens with zero attached hydrogens (tertiary/aromatic N) is 5. The highest BCUT2D eigenvalue weighted by Crippen LogP contribution is 2.27. The van der Waals surface area contributed by atoms with E-state index in [-0.39, 0.29) is 0 Å². The number of aryl methyl sites for hydroxylation is 2. The minimum absolute atomic E-state index is 0.319. The van der Waals surface area contributed by atoms with Crippen LogP contribution in [0.2, 0.25) is 0 Å². The summed E-state index contributed by atoms with van der Waals surface area (Å²) < 4.78 is 9.83. The van der Waals surface area contributed by atoms with Crippen LogP contribution in [0.25, 0.3) is 0 Å². The molecule has 2 aromatic heterocycles. The first-order valence-corrected chi connectivity index (χ1v) is 8.45. The summed E-state index contributed by atoms with van der Waals surface area (Å²) in [4.78, 5) is 7.16. The Morgan fingerprint density at radius 1 is 1.30 bits per heavy atom. The lowest BCUT2D eigenvalue weighted by Crippen LogP contribution is -2.37. The molecule has 0 bridgehead atoms. The topological polar surface area (TPSA) is 48.1 Å². The van der Waals surface area contributed by atoms with Crippen LogP contribution in [-0.4, -0.2) is 44.0 Å². The fourth-order valence-electron chi connectivity index (χ4n) is 3.36. The van der Waals surface area contributed by atoms with Crippen molar-refractivity contribution in [3.63, 3.8) is 0 Å². The second-order valence-corrected chi connectivity index (χ2v) is 6.25. The van der Waals surface area contributed by atoms with Crippen molar-refractivity contribution in [2.24, 2.45) is 7.05 Å². The van der Waals surface area contributed by atoms with Crippen LogP contribution in [0.4, 0.5) is 0 Å². The summed E-state index contributed by atoms with van der Waals surface area (Å²) >= 11 is 0. The van der Waals surface area contributed by atoms with Gasteiger partial charge in [0.2, 0.25) is 0 Å². The first-order valence-electron chi connectivity index (χ1n) is 8.45. The van der Waals surface area contributed by atoms with Gasteiger partial charge in [0.15, 0.2) is 0 Å². The Hall–Kier alpha value is -1.66. The first kappa shape index (κ1) is 16.2. The highest BCUT2D eigenvalue weighted by Gasteiger charge is 2.27. The summed E-state index contributed by atoms with van der Waals surface area (Å²) in [6.45, 7) is 10.8. The van der Waals surface area contributed by atoms with Gasteiger partial charge in [-0.15, -0.1) is 0 Å². The second-order valence-electron chi connectivity index (χ2n) is 6.25. The van der Waals surface area contributed by atoms with Crippen LogP contribution < -0.4 is 0 Å². The molecule has 0 aliphatic carbocycles. The van der Waals surface area contributed by atoms with Crippen molar-refractivity contribution < 1.29 is 4.74 Å². The number of imidazole rings is 1. The van der Waals surface area contributed by atoms with Crippen molar-refractivity contribution in [1.82, 2.24) is 24.2 Å². The molecule has 3 heterocycles. The predicted octanol–water partition coefficient (Wildman–Crippen LogP) is 2.08. The quantitative estimate of drug-likeness (QED) is 0.766. The van der Waals surface area contributed by atoms with Gasteiger partial charge < -0.3 is 9.30 Å². The number of fused-ring (bicyclic) bond motifs is 1. The minimum Gasteiger partial charge on any atom is -0.381 e. The van der Waals surface area contributed by atoms with Crippen molar-refractivity contribution in [3.05, 3.63) is 35.2 Å². The standard InChI is InChI=1S/C17H27N5O/c1-5-23-9-6-15-11-18-17-14(3)21(7-8-22(15)17)12-16-10-13(2)19-20(16)4/h10-11,14H,5-9,12H2,1-4H3. The molecule has 23 heavy (non-hydrogen) atoms. The summed E-state index contributed by atoms with van der Waals surface area (Å²) in [6.07, 6.45) is 2.96. The van der Waals surface area contributed by atoms with E-state index in [4.69, 9.17) is 4.74 Å². The zero-order valence-corrected chi connectivity index (χ0v) is 14.6. The average Bonchev–Trinajstić information content (AvgIpc) is 3.06. The highest BCUT2D eigenvalue weighted by atomic mass is 16.5. The highest BCUT2D eigenvalue weighted by molar-refractivity contribution is 5.13. The Morgan fingerprint density at radius 3 is 2.83 bits per heavy atom. The number of rotatable bonds is 6. The maximum Gasteiger partial charge on any atom is 0.126 e. The summed E-state index contributed by atoms with van der Waals surface area (Å²) in [5.74, 6) is 1.17. The minimum atomic E-state index is 0.319. The van der Waals surface area contributed by atoms with Gasteiger partial charge in [-0.3, -0.25) is 9.58 Å². The Morgan fingerprint density at radius 2 is 2.13 bits per heavy atom. The van der Waals surface area contributed by atoms with Crippen LogP contribution in [0.1, 0.15) is 42.8 Å². The Bertz CT molecular complexity index is 660. The van der Waals surface area contributed by atoms with E-state index in [9.17, 15) is 0 Å². The average molecular weight is 317 g/mol. The molecule has 0 radical (unpaired) electrons. The number of hydrogen-bond acceptors (Lipinski definition) is 4. The normalized spacial score (nSPS) is 18.3. The summed E-state index contributed by atoms with van der Waals surface area (Å²) in [7, 11) is 2.02. The molecular formula is C17H27N5O. The van der Waals surface area contributed by atoms with Gasteiger partial charge in [0, 0.05) is 51.6 Å². The second kappa shape index (κ2) is 6.84. The summed E-state index contributed by atoms with van der Waals surface area (Å²) in [5.41, 5.74) is 3.62. The van der Waals surface area contributed by atoms with Gasteiger partial charge in [0.05, 0.1) is 24.0 Å². The number of hydrogen-bond donors (Lipinski definition) is 0. The molecule has 126 valence electrons. The lowest BCUT2D eigenvalue weighted by molar-refractivity contribution is 0.141. The fourth-order valence-corrected chi connectivity index (χ4v) is 3.36. The first-order chi connectivity index (χ1) is 11.1. The van der Waals surface area contributed by atoms with Crippen molar-refractivity contribution in [1.29, 1.82) is 0 Å². The van der Waals surface area contributed by atoms with E-state index < -0.39 is 0 Å². The molecule has 6 nitrogen and oxygen atoms in total. The van der Waals surface area contributed by atoms with Crippen molar-refractivity contribution in [2.45, 2.75) is 46.3 Å². The van der Waals surface area contributed by atoms with E-state index in [1.165, 1.54) is 17.2 Å². The molecule has 1 aliphatic rings. The lowest BCUT2D eigenvalue weighted by Gasteiger charge is -2.34. The number of ether oxygens (including phenoxy) is 1. The van der Waals surface area contributed by atoms with E-state index in [0.29, 0.717) is 6.04 Å². The monoisotopic (exact) mass is 317 g/mol.